The van der Waals surface area contributed by atoms with Crippen LogP contribution < -0.4 is 5.32 Å². The normalized spacial score (nSPS) is 15.4. The summed E-state index contributed by atoms with van der Waals surface area (Å²) in [5.74, 6) is -1.47. The molecule has 0 aliphatic carbocycles. The predicted molar refractivity (Wildman–Crippen MR) is 148 cm³/mol. The summed E-state index contributed by atoms with van der Waals surface area (Å²) in [6, 6.07) is 22.0. The maximum Gasteiger partial charge on any atom is 0.260 e. The van der Waals surface area contributed by atoms with Crippen LogP contribution in [0.15, 0.2) is 77.7 Å². The van der Waals surface area contributed by atoms with Crippen molar-refractivity contribution in [2.24, 2.45) is 0 Å². The standard InChI is InChI=1S/C16H16O3.C14H19NO2S/c1-18-16(19-2,14-11-7-4-8-12-14)15(17)13-9-5-3-6-10-13;1-3-11(16)10-5-4-9(2)14(18)13(10)12-8-15-6-7-17-12/h3-12H,1-2H3;4-5,12,15,18H,3,6-8H2,1-2H3. The van der Waals surface area contributed by atoms with Gasteiger partial charge in [-0.15, -0.1) is 12.6 Å². The average Bonchev–Trinajstić information content (AvgIpc) is 2.96. The van der Waals surface area contributed by atoms with E-state index >= 15 is 0 Å². The highest BCUT2D eigenvalue weighted by atomic mass is 32.1. The quantitative estimate of drug-likeness (QED) is 0.230. The largest absolute Gasteiger partial charge is 0.371 e. The predicted octanol–water partition coefficient (Wildman–Crippen LogP) is 5.55. The summed E-state index contributed by atoms with van der Waals surface area (Å²) < 4.78 is 16.6. The molecule has 1 fully saturated rings. The van der Waals surface area contributed by atoms with Crippen LogP contribution in [0.4, 0.5) is 0 Å². The molecule has 1 atom stereocenters. The minimum Gasteiger partial charge on any atom is -0.371 e. The number of nitrogens with one attached hydrogen (secondary N) is 1. The Bertz CT molecular complexity index is 1170. The fourth-order valence-corrected chi connectivity index (χ4v) is 4.64. The van der Waals surface area contributed by atoms with Gasteiger partial charge in [0.15, 0.2) is 5.78 Å². The van der Waals surface area contributed by atoms with Gasteiger partial charge >= 0.3 is 0 Å². The number of Topliss-reactive ketones (excluding diaryl/α,β-unsaturated/α-hetero) is 2. The van der Waals surface area contributed by atoms with Crippen molar-refractivity contribution in [2.75, 3.05) is 33.9 Å². The van der Waals surface area contributed by atoms with Crippen LogP contribution in [0.5, 0.6) is 0 Å². The Hall–Kier alpha value is -2.81. The molecule has 1 aliphatic heterocycles. The maximum absolute atomic E-state index is 12.7. The van der Waals surface area contributed by atoms with Gasteiger partial charge in [0.05, 0.1) is 12.7 Å². The van der Waals surface area contributed by atoms with Gasteiger partial charge in [-0.2, -0.15) is 0 Å². The molecule has 3 aromatic rings. The van der Waals surface area contributed by atoms with Gasteiger partial charge in [0, 0.05) is 60.9 Å². The first kappa shape index (κ1) is 28.8. The molecule has 6 nitrogen and oxygen atoms in total. The second-order valence-electron chi connectivity index (χ2n) is 8.62. The van der Waals surface area contributed by atoms with E-state index in [0.29, 0.717) is 24.2 Å². The lowest BCUT2D eigenvalue weighted by Crippen LogP contribution is -2.39. The minimum atomic E-state index is -1.40. The third-order valence-corrected chi connectivity index (χ3v) is 6.95. The smallest absolute Gasteiger partial charge is 0.260 e. The van der Waals surface area contributed by atoms with Gasteiger partial charge < -0.3 is 19.5 Å². The number of morpholine rings is 1. The van der Waals surface area contributed by atoms with Crippen LogP contribution in [0.3, 0.4) is 0 Å². The highest BCUT2D eigenvalue weighted by molar-refractivity contribution is 7.80. The number of hydrogen-bond acceptors (Lipinski definition) is 7. The summed E-state index contributed by atoms with van der Waals surface area (Å²) in [6.07, 6.45) is 0.431. The third-order valence-electron chi connectivity index (χ3n) is 6.35. The van der Waals surface area contributed by atoms with Crippen molar-refractivity contribution in [3.05, 3.63) is 101 Å². The van der Waals surface area contributed by atoms with E-state index in [1.54, 1.807) is 12.1 Å². The molecule has 1 N–H and O–H groups in total. The molecule has 37 heavy (non-hydrogen) atoms. The molecule has 1 aliphatic rings. The van der Waals surface area contributed by atoms with Crippen molar-refractivity contribution in [2.45, 2.75) is 37.1 Å². The van der Waals surface area contributed by atoms with Gasteiger partial charge in [-0.25, -0.2) is 0 Å². The molecule has 0 bridgehead atoms. The molecule has 1 saturated heterocycles. The number of carbonyl (C=O) groups excluding carboxylic acids is 2. The second kappa shape index (κ2) is 13.7. The number of aryl methyl sites for hydroxylation is 1. The van der Waals surface area contributed by atoms with Crippen molar-refractivity contribution < 1.29 is 23.8 Å². The Labute approximate surface area is 224 Å². The molecule has 0 radical (unpaired) electrons. The highest BCUT2D eigenvalue weighted by Crippen LogP contribution is 2.32. The van der Waals surface area contributed by atoms with Crippen LogP contribution >= 0.6 is 12.6 Å². The highest BCUT2D eigenvalue weighted by Gasteiger charge is 2.41. The molecule has 0 amide bonds. The van der Waals surface area contributed by atoms with E-state index in [1.165, 1.54) is 14.2 Å². The van der Waals surface area contributed by atoms with Gasteiger partial charge in [0.2, 0.25) is 5.78 Å². The molecular formula is C30H35NO5S. The van der Waals surface area contributed by atoms with Crippen LogP contribution in [0.1, 0.15) is 56.9 Å². The molecule has 196 valence electrons. The number of thiol groups is 1. The van der Waals surface area contributed by atoms with Gasteiger partial charge in [-0.05, 0) is 12.5 Å². The molecule has 0 spiro atoms. The van der Waals surface area contributed by atoms with Crippen molar-refractivity contribution >= 4 is 24.2 Å². The van der Waals surface area contributed by atoms with Crippen molar-refractivity contribution in [1.29, 1.82) is 0 Å². The Morgan fingerprint density at radius 2 is 1.62 bits per heavy atom. The molecule has 3 aromatic carbocycles. The SMILES string of the molecule is CCC(=O)c1ccc(C)c(S)c1C1CNCCO1.COC(OC)(C(=O)c1ccccc1)c1ccccc1. The van der Waals surface area contributed by atoms with Gasteiger partial charge in [0.25, 0.3) is 5.79 Å². The zero-order valence-electron chi connectivity index (χ0n) is 21.8. The van der Waals surface area contributed by atoms with Crippen molar-refractivity contribution in [1.82, 2.24) is 5.32 Å². The van der Waals surface area contributed by atoms with Crippen LogP contribution in [-0.2, 0) is 20.0 Å². The zero-order chi connectivity index (χ0) is 26.8. The van der Waals surface area contributed by atoms with E-state index in [1.807, 2.05) is 74.5 Å². The van der Waals surface area contributed by atoms with E-state index in [9.17, 15) is 9.59 Å². The lowest BCUT2D eigenvalue weighted by molar-refractivity contribution is -0.176. The fraction of sp³-hybridized carbons (Fsp3) is 0.333. The second-order valence-corrected chi connectivity index (χ2v) is 9.07. The fourth-order valence-electron chi connectivity index (χ4n) is 4.30. The Balaban J connectivity index is 0.000000206. The summed E-state index contributed by atoms with van der Waals surface area (Å²) in [5, 5.41) is 3.29. The number of ether oxygens (including phenoxy) is 3. The topological polar surface area (TPSA) is 73.9 Å². The van der Waals surface area contributed by atoms with Crippen LogP contribution in [0.25, 0.3) is 0 Å². The molecule has 0 aromatic heterocycles. The summed E-state index contributed by atoms with van der Waals surface area (Å²) in [6.45, 7) is 6.15. The molecule has 0 saturated carbocycles. The number of methoxy groups -OCH3 is 2. The van der Waals surface area contributed by atoms with Gasteiger partial charge in [-0.1, -0.05) is 79.7 Å². The van der Waals surface area contributed by atoms with Crippen LogP contribution in [0, 0.1) is 6.92 Å². The van der Waals surface area contributed by atoms with Crippen molar-refractivity contribution in [3.8, 4) is 0 Å². The van der Waals surface area contributed by atoms with E-state index in [0.717, 1.165) is 34.7 Å². The summed E-state index contributed by atoms with van der Waals surface area (Å²) >= 11 is 4.56. The Morgan fingerprint density at radius 3 is 2.16 bits per heavy atom. The monoisotopic (exact) mass is 521 g/mol. The first-order chi connectivity index (χ1) is 17.9. The molecule has 1 unspecified atom stereocenters. The van der Waals surface area contributed by atoms with Crippen LogP contribution in [0.2, 0.25) is 0 Å². The maximum atomic E-state index is 12.7. The zero-order valence-corrected chi connectivity index (χ0v) is 22.7. The molecular weight excluding hydrogens is 486 g/mol. The molecule has 1 heterocycles. The lowest BCUT2D eigenvalue weighted by atomic mass is 9.95. The molecule has 4 rings (SSSR count). The number of ketones is 2. The average molecular weight is 522 g/mol. The summed E-state index contributed by atoms with van der Waals surface area (Å²) in [5.41, 5.74) is 4.00. The first-order valence-electron chi connectivity index (χ1n) is 12.3. The van der Waals surface area contributed by atoms with E-state index in [4.69, 9.17) is 14.2 Å². The summed E-state index contributed by atoms with van der Waals surface area (Å²) in [7, 11) is 2.94. The van der Waals surface area contributed by atoms with E-state index < -0.39 is 5.79 Å². The summed E-state index contributed by atoms with van der Waals surface area (Å²) in [4.78, 5) is 25.6. The van der Waals surface area contributed by atoms with Gasteiger partial charge in [-0.3, -0.25) is 9.59 Å². The number of carbonyl (C=O) groups is 2. The molecule has 7 heteroatoms. The Morgan fingerprint density at radius 1 is 1.00 bits per heavy atom. The lowest BCUT2D eigenvalue weighted by Gasteiger charge is -2.29. The number of hydrogen-bond donors (Lipinski definition) is 2. The van der Waals surface area contributed by atoms with E-state index in [-0.39, 0.29) is 17.7 Å². The van der Waals surface area contributed by atoms with Gasteiger partial charge in [0.1, 0.15) is 0 Å². The minimum absolute atomic E-state index is 0.0725. The number of rotatable bonds is 8. The first-order valence-corrected chi connectivity index (χ1v) is 12.8. The van der Waals surface area contributed by atoms with E-state index in [2.05, 4.69) is 17.9 Å². The number of benzene rings is 3. The third kappa shape index (κ3) is 6.55. The van der Waals surface area contributed by atoms with Crippen LogP contribution in [-0.4, -0.2) is 45.5 Å². The van der Waals surface area contributed by atoms with Crippen molar-refractivity contribution in [3.63, 3.8) is 0 Å². The Kier molecular flexibility index (Phi) is 10.6.